The van der Waals surface area contributed by atoms with Gasteiger partial charge in [-0.2, -0.15) is 0 Å². The Morgan fingerprint density at radius 2 is 1.73 bits per heavy atom. The molecule has 1 amide bonds. The summed E-state index contributed by atoms with van der Waals surface area (Å²) in [6, 6.07) is 12.7. The van der Waals surface area contributed by atoms with Gasteiger partial charge >= 0.3 is 5.97 Å². The van der Waals surface area contributed by atoms with Crippen LogP contribution in [-0.2, 0) is 4.79 Å². The molecule has 3 N–H and O–H groups in total. The number of benzene rings is 2. The summed E-state index contributed by atoms with van der Waals surface area (Å²) >= 11 is 3.30. The summed E-state index contributed by atoms with van der Waals surface area (Å²) in [5, 5.41) is 20.7. The van der Waals surface area contributed by atoms with Gasteiger partial charge in [0.15, 0.2) is 0 Å². The van der Waals surface area contributed by atoms with Crippen molar-refractivity contribution in [2.75, 3.05) is 5.32 Å². The van der Waals surface area contributed by atoms with Gasteiger partial charge in [0.1, 0.15) is 0 Å². The van der Waals surface area contributed by atoms with Crippen LogP contribution in [0.2, 0.25) is 0 Å². The fourth-order valence-electron chi connectivity index (χ4n) is 1.81. The average Bonchev–Trinajstić information content (AvgIpc) is 2.48. The van der Waals surface area contributed by atoms with Gasteiger partial charge in [0.05, 0.1) is 17.4 Å². The molecule has 2 aromatic carbocycles. The Morgan fingerprint density at radius 1 is 1.05 bits per heavy atom. The van der Waals surface area contributed by atoms with E-state index in [9.17, 15) is 14.7 Å². The molecule has 0 bridgehead atoms. The second-order valence-electron chi connectivity index (χ2n) is 4.39. The number of hydrogen-bond donors (Lipinski definition) is 3. The molecular weight excluding hydrogens is 350 g/mol. The van der Waals surface area contributed by atoms with Crippen molar-refractivity contribution in [1.29, 1.82) is 0 Å². The van der Waals surface area contributed by atoms with E-state index >= 15 is 0 Å². The van der Waals surface area contributed by atoms with Gasteiger partial charge < -0.3 is 15.5 Å². The first-order chi connectivity index (χ1) is 10.5. The van der Waals surface area contributed by atoms with Crippen molar-refractivity contribution in [3.63, 3.8) is 0 Å². The van der Waals surface area contributed by atoms with Gasteiger partial charge in [0.2, 0.25) is 0 Å². The van der Waals surface area contributed by atoms with Crippen molar-refractivity contribution in [3.05, 3.63) is 70.4 Å². The number of halogens is 1. The second kappa shape index (κ2) is 6.91. The van der Waals surface area contributed by atoms with E-state index in [-0.39, 0.29) is 11.1 Å². The average molecular weight is 362 g/mol. The molecular formula is C16H12BrNO4. The zero-order valence-electron chi connectivity index (χ0n) is 11.3. The van der Waals surface area contributed by atoms with Crippen LogP contribution in [0.4, 0.5) is 5.69 Å². The molecule has 0 fully saturated rings. The molecule has 0 heterocycles. The van der Waals surface area contributed by atoms with Gasteiger partial charge in [-0.15, -0.1) is 0 Å². The largest absolute Gasteiger partial charge is 0.515 e. The molecule has 22 heavy (non-hydrogen) atoms. The van der Waals surface area contributed by atoms with E-state index in [2.05, 4.69) is 21.2 Å². The van der Waals surface area contributed by atoms with E-state index < -0.39 is 11.9 Å². The molecule has 0 spiro atoms. The predicted molar refractivity (Wildman–Crippen MR) is 86.8 cm³/mol. The Balaban J connectivity index is 2.18. The number of carbonyl (C=O) groups excluding carboxylic acids is 1. The molecule has 0 aliphatic heterocycles. The molecule has 2 aromatic rings. The summed E-state index contributed by atoms with van der Waals surface area (Å²) < 4.78 is 0.781. The number of anilines is 1. The lowest BCUT2D eigenvalue weighted by Gasteiger charge is -2.09. The number of rotatable bonds is 4. The van der Waals surface area contributed by atoms with Crippen LogP contribution in [0.15, 0.2) is 59.3 Å². The molecule has 0 radical (unpaired) electrons. The summed E-state index contributed by atoms with van der Waals surface area (Å²) in [5.74, 6) is -1.54. The predicted octanol–water partition coefficient (Wildman–Crippen LogP) is 3.68. The highest BCUT2D eigenvalue weighted by molar-refractivity contribution is 9.10. The third-order valence-electron chi connectivity index (χ3n) is 2.90. The van der Waals surface area contributed by atoms with Gasteiger partial charge in [-0.05, 0) is 42.0 Å². The molecule has 0 aliphatic carbocycles. The molecule has 0 aliphatic rings. The Bertz CT molecular complexity index is 738. The van der Waals surface area contributed by atoms with E-state index in [4.69, 9.17) is 5.11 Å². The number of carboxylic acids is 1. The SMILES string of the molecule is O=C(Nc1ccc(C(=O)O)cc1)/C(=C/O)c1cccc(Br)c1. The third-order valence-corrected chi connectivity index (χ3v) is 3.39. The summed E-state index contributed by atoms with van der Waals surface area (Å²) in [4.78, 5) is 23.0. The zero-order chi connectivity index (χ0) is 16.1. The van der Waals surface area contributed by atoms with E-state index in [1.807, 2.05) is 0 Å². The van der Waals surface area contributed by atoms with E-state index in [0.29, 0.717) is 11.3 Å². The number of carboxylic acid groups (broad SMARTS) is 1. The Labute approximate surface area is 135 Å². The van der Waals surface area contributed by atoms with Crippen molar-refractivity contribution in [2.24, 2.45) is 0 Å². The molecule has 6 heteroatoms. The minimum absolute atomic E-state index is 0.101. The molecule has 0 saturated carbocycles. The number of amides is 1. The van der Waals surface area contributed by atoms with Crippen molar-refractivity contribution >= 4 is 39.1 Å². The number of aliphatic hydroxyl groups is 1. The standard InChI is InChI=1S/C16H12BrNO4/c17-12-3-1-2-11(8-12)14(9-19)15(20)18-13-6-4-10(5-7-13)16(21)22/h1-9,19H,(H,18,20)(H,21,22)/b14-9+. The summed E-state index contributed by atoms with van der Waals surface area (Å²) in [5.41, 5.74) is 1.22. The highest BCUT2D eigenvalue weighted by atomic mass is 79.9. The summed E-state index contributed by atoms with van der Waals surface area (Å²) in [6.07, 6.45) is 0.739. The fraction of sp³-hybridized carbons (Fsp3) is 0. The van der Waals surface area contributed by atoms with Crippen LogP contribution in [0.25, 0.3) is 5.57 Å². The van der Waals surface area contributed by atoms with Crippen LogP contribution in [0.5, 0.6) is 0 Å². The molecule has 0 saturated heterocycles. The highest BCUT2D eigenvalue weighted by Crippen LogP contribution is 2.21. The van der Waals surface area contributed by atoms with Gasteiger partial charge in [-0.3, -0.25) is 4.79 Å². The van der Waals surface area contributed by atoms with Crippen LogP contribution in [0, 0.1) is 0 Å². The maximum absolute atomic E-state index is 12.2. The first-order valence-electron chi connectivity index (χ1n) is 6.26. The van der Waals surface area contributed by atoms with Crippen molar-refractivity contribution in [2.45, 2.75) is 0 Å². The quantitative estimate of drug-likeness (QED) is 0.572. The molecule has 0 aromatic heterocycles. The number of carbonyl (C=O) groups is 2. The molecule has 112 valence electrons. The normalized spacial score (nSPS) is 11.0. The Hall–Kier alpha value is -2.60. The smallest absolute Gasteiger partial charge is 0.335 e. The van der Waals surface area contributed by atoms with Gasteiger partial charge in [-0.25, -0.2) is 4.79 Å². The number of hydrogen-bond acceptors (Lipinski definition) is 3. The van der Waals surface area contributed by atoms with E-state index in [1.54, 1.807) is 24.3 Å². The molecule has 5 nitrogen and oxygen atoms in total. The van der Waals surface area contributed by atoms with Crippen LogP contribution < -0.4 is 5.32 Å². The zero-order valence-corrected chi connectivity index (χ0v) is 12.9. The fourth-order valence-corrected chi connectivity index (χ4v) is 2.21. The topological polar surface area (TPSA) is 86.6 Å². The van der Waals surface area contributed by atoms with Gasteiger partial charge in [0.25, 0.3) is 5.91 Å². The summed E-state index contributed by atoms with van der Waals surface area (Å²) in [7, 11) is 0. The van der Waals surface area contributed by atoms with Crippen molar-refractivity contribution < 1.29 is 19.8 Å². The molecule has 2 rings (SSSR count). The first kappa shape index (κ1) is 15.8. The maximum Gasteiger partial charge on any atom is 0.335 e. The van der Waals surface area contributed by atoms with E-state index in [0.717, 1.165) is 10.7 Å². The number of nitrogens with one attached hydrogen (secondary N) is 1. The second-order valence-corrected chi connectivity index (χ2v) is 5.31. The minimum atomic E-state index is -1.04. The van der Waals surface area contributed by atoms with Crippen molar-refractivity contribution in [3.8, 4) is 0 Å². The maximum atomic E-state index is 12.2. The lowest BCUT2D eigenvalue weighted by atomic mass is 10.1. The molecule has 0 unspecified atom stereocenters. The van der Waals surface area contributed by atoms with Crippen LogP contribution >= 0.6 is 15.9 Å². The third kappa shape index (κ3) is 3.73. The lowest BCUT2D eigenvalue weighted by Crippen LogP contribution is -2.14. The van der Waals surface area contributed by atoms with E-state index in [1.165, 1.54) is 24.3 Å². The molecule has 0 atom stereocenters. The van der Waals surface area contributed by atoms with Crippen LogP contribution in [-0.4, -0.2) is 22.1 Å². The first-order valence-corrected chi connectivity index (χ1v) is 7.05. The Kier molecular flexibility index (Phi) is 4.95. The monoisotopic (exact) mass is 361 g/mol. The lowest BCUT2D eigenvalue weighted by molar-refractivity contribution is -0.111. The van der Waals surface area contributed by atoms with Crippen LogP contribution in [0.1, 0.15) is 15.9 Å². The van der Waals surface area contributed by atoms with Gasteiger partial charge in [-0.1, -0.05) is 28.1 Å². The highest BCUT2D eigenvalue weighted by Gasteiger charge is 2.13. The minimum Gasteiger partial charge on any atom is -0.515 e. The van der Waals surface area contributed by atoms with Crippen LogP contribution in [0.3, 0.4) is 0 Å². The van der Waals surface area contributed by atoms with Gasteiger partial charge in [0, 0.05) is 10.2 Å². The Morgan fingerprint density at radius 3 is 2.27 bits per heavy atom. The van der Waals surface area contributed by atoms with Crippen molar-refractivity contribution in [1.82, 2.24) is 0 Å². The number of aromatic carboxylic acids is 1. The number of aliphatic hydroxyl groups excluding tert-OH is 1. The summed E-state index contributed by atoms with van der Waals surface area (Å²) in [6.45, 7) is 0.